The van der Waals surface area contributed by atoms with Crippen LogP contribution >= 0.6 is 0 Å². The third kappa shape index (κ3) is 2.45. The zero-order valence-corrected chi connectivity index (χ0v) is 10.3. The minimum atomic E-state index is -0.432. The van der Waals surface area contributed by atoms with Crippen LogP contribution in [0.25, 0.3) is 11.3 Å². The third-order valence-corrected chi connectivity index (χ3v) is 2.58. The summed E-state index contributed by atoms with van der Waals surface area (Å²) in [6.45, 7) is 0. The lowest BCUT2D eigenvalue weighted by molar-refractivity contribution is 0.100. The Kier molecular flexibility index (Phi) is 3.23. The molecule has 2 N–H and O–H groups in total. The van der Waals surface area contributed by atoms with Crippen LogP contribution in [0.4, 0.5) is 5.82 Å². The van der Waals surface area contributed by atoms with Crippen molar-refractivity contribution < 1.29 is 4.79 Å². The quantitative estimate of drug-likeness (QED) is 0.880. The Hall–Kier alpha value is -2.43. The summed E-state index contributed by atoms with van der Waals surface area (Å²) in [5.74, 6) is 0.400. The standard InChI is InChI=1S/C13H14N4O/c1-17(2)12-7-11(15-8-16-12)9-3-5-10(6-4-9)13(14)18/h3-8H,1-2H3,(H2,14,18). The summed E-state index contributed by atoms with van der Waals surface area (Å²) in [4.78, 5) is 21.3. The van der Waals surface area contributed by atoms with Gasteiger partial charge in [0, 0.05) is 31.3 Å². The van der Waals surface area contributed by atoms with Crippen LogP contribution in [-0.4, -0.2) is 30.0 Å². The van der Waals surface area contributed by atoms with E-state index in [0.29, 0.717) is 5.56 Å². The van der Waals surface area contributed by atoms with E-state index >= 15 is 0 Å². The Labute approximate surface area is 105 Å². The van der Waals surface area contributed by atoms with Crippen molar-refractivity contribution in [1.82, 2.24) is 9.97 Å². The van der Waals surface area contributed by atoms with Crippen molar-refractivity contribution in [3.63, 3.8) is 0 Å². The van der Waals surface area contributed by atoms with Crippen molar-refractivity contribution in [1.29, 1.82) is 0 Å². The van der Waals surface area contributed by atoms with Gasteiger partial charge in [0.1, 0.15) is 12.1 Å². The number of primary amides is 1. The first-order valence-corrected chi connectivity index (χ1v) is 5.47. The van der Waals surface area contributed by atoms with Crippen LogP contribution in [0, 0.1) is 0 Å². The molecule has 2 rings (SSSR count). The van der Waals surface area contributed by atoms with Gasteiger partial charge in [0.05, 0.1) is 5.69 Å². The largest absolute Gasteiger partial charge is 0.366 e. The van der Waals surface area contributed by atoms with E-state index in [1.54, 1.807) is 12.1 Å². The zero-order chi connectivity index (χ0) is 13.1. The fourth-order valence-electron chi connectivity index (χ4n) is 1.55. The fraction of sp³-hybridized carbons (Fsp3) is 0.154. The molecule has 92 valence electrons. The van der Waals surface area contributed by atoms with E-state index in [0.717, 1.165) is 17.1 Å². The number of carbonyl (C=O) groups excluding carboxylic acids is 1. The number of anilines is 1. The molecular formula is C13H14N4O. The molecule has 2 aromatic rings. The molecule has 1 heterocycles. The molecule has 0 aliphatic rings. The predicted molar refractivity (Wildman–Crippen MR) is 70.3 cm³/mol. The maximum Gasteiger partial charge on any atom is 0.248 e. The van der Waals surface area contributed by atoms with Crippen molar-refractivity contribution >= 4 is 11.7 Å². The first kappa shape index (κ1) is 12.0. The number of aromatic nitrogens is 2. The molecule has 0 fully saturated rings. The van der Waals surface area contributed by atoms with Gasteiger partial charge in [-0.1, -0.05) is 12.1 Å². The molecule has 5 nitrogen and oxygen atoms in total. The van der Waals surface area contributed by atoms with Gasteiger partial charge in [-0.3, -0.25) is 4.79 Å². The molecular weight excluding hydrogens is 228 g/mol. The molecule has 0 saturated carbocycles. The highest BCUT2D eigenvalue weighted by molar-refractivity contribution is 5.93. The van der Waals surface area contributed by atoms with Crippen LogP contribution in [0.15, 0.2) is 36.7 Å². The normalized spacial score (nSPS) is 10.1. The van der Waals surface area contributed by atoms with Crippen LogP contribution in [0.2, 0.25) is 0 Å². The smallest absolute Gasteiger partial charge is 0.248 e. The van der Waals surface area contributed by atoms with Crippen molar-refractivity contribution in [2.75, 3.05) is 19.0 Å². The number of hydrogen-bond donors (Lipinski definition) is 1. The van der Waals surface area contributed by atoms with Crippen molar-refractivity contribution in [3.05, 3.63) is 42.2 Å². The fourth-order valence-corrected chi connectivity index (χ4v) is 1.55. The lowest BCUT2D eigenvalue weighted by Crippen LogP contribution is -2.11. The molecule has 1 aromatic heterocycles. The van der Waals surface area contributed by atoms with Gasteiger partial charge in [0.15, 0.2) is 0 Å². The van der Waals surface area contributed by atoms with Gasteiger partial charge in [0.2, 0.25) is 5.91 Å². The van der Waals surface area contributed by atoms with E-state index in [1.807, 2.05) is 37.2 Å². The Bertz CT molecular complexity index is 563. The maximum absolute atomic E-state index is 11.0. The first-order valence-electron chi connectivity index (χ1n) is 5.47. The number of amides is 1. The van der Waals surface area contributed by atoms with Gasteiger partial charge >= 0.3 is 0 Å². The molecule has 0 atom stereocenters. The average molecular weight is 242 g/mol. The van der Waals surface area contributed by atoms with E-state index in [-0.39, 0.29) is 0 Å². The van der Waals surface area contributed by atoms with Crippen LogP contribution in [-0.2, 0) is 0 Å². The van der Waals surface area contributed by atoms with Gasteiger partial charge in [-0.25, -0.2) is 9.97 Å². The summed E-state index contributed by atoms with van der Waals surface area (Å²) in [7, 11) is 3.84. The molecule has 18 heavy (non-hydrogen) atoms. The number of hydrogen-bond acceptors (Lipinski definition) is 4. The first-order chi connectivity index (χ1) is 8.58. The molecule has 1 aromatic carbocycles. The van der Waals surface area contributed by atoms with Crippen molar-refractivity contribution in [2.24, 2.45) is 5.73 Å². The highest BCUT2D eigenvalue weighted by Crippen LogP contribution is 2.20. The van der Waals surface area contributed by atoms with Crippen LogP contribution < -0.4 is 10.6 Å². The average Bonchev–Trinajstić information content (AvgIpc) is 2.39. The second kappa shape index (κ2) is 4.83. The second-order valence-electron chi connectivity index (χ2n) is 4.10. The monoisotopic (exact) mass is 242 g/mol. The van der Waals surface area contributed by atoms with Crippen LogP contribution in [0.1, 0.15) is 10.4 Å². The molecule has 0 saturated heterocycles. The minimum absolute atomic E-state index is 0.432. The molecule has 0 aliphatic heterocycles. The summed E-state index contributed by atoms with van der Waals surface area (Å²) in [5, 5.41) is 0. The lowest BCUT2D eigenvalue weighted by Gasteiger charge is -2.11. The number of benzene rings is 1. The summed E-state index contributed by atoms with van der Waals surface area (Å²) < 4.78 is 0. The van der Waals surface area contributed by atoms with E-state index < -0.39 is 5.91 Å². The summed E-state index contributed by atoms with van der Waals surface area (Å²) in [6.07, 6.45) is 1.52. The Morgan fingerprint density at radius 3 is 2.39 bits per heavy atom. The van der Waals surface area contributed by atoms with Gasteiger partial charge in [0.25, 0.3) is 0 Å². The Morgan fingerprint density at radius 2 is 1.83 bits per heavy atom. The number of nitrogens with zero attached hydrogens (tertiary/aromatic N) is 3. The van der Waals surface area contributed by atoms with E-state index in [2.05, 4.69) is 9.97 Å². The molecule has 0 unspecified atom stereocenters. The highest BCUT2D eigenvalue weighted by atomic mass is 16.1. The third-order valence-electron chi connectivity index (χ3n) is 2.58. The number of rotatable bonds is 3. The summed E-state index contributed by atoms with van der Waals surface area (Å²) >= 11 is 0. The molecule has 1 amide bonds. The van der Waals surface area contributed by atoms with Crippen LogP contribution in [0.3, 0.4) is 0 Å². The zero-order valence-electron chi connectivity index (χ0n) is 10.3. The lowest BCUT2D eigenvalue weighted by atomic mass is 10.1. The van der Waals surface area contributed by atoms with Gasteiger partial charge in [-0.05, 0) is 12.1 Å². The van der Waals surface area contributed by atoms with Crippen LogP contribution in [0.5, 0.6) is 0 Å². The minimum Gasteiger partial charge on any atom is -0.366 e. The second-order valence-corrected chi connectivity index (χ2v) is 4.10. The molecule has 0 aliphatic carbocycles. The highest BCUT2D eigenvalue weighted by Gasteiger charge is 2.05. The summed E-state index contributed by atoms with van der Waals surface area (Å²) in [6, 6.07) is 8.91. The maximum atomic E-state index is 11.0. The Balaban J connectivity index is 2.36. The Morgan fingerprint density at radius 1 is 1.17 bits per heavy atom. The van der Waals surface area contributed by atoms with Crippen molar-refractivity contribution in [3.8, 4) is 11.3 Å². The predicted octanol–water partition coefficient (Wildman–Crippen LogP) is 1.31. The van der Waals surface area contributed by atoms with Crippen molar-refractivity contribution in [2.45, 2.75) is 0 Å². The van der Waals surface area contributed by atoms with Gasteiger partial charge < -0.3 is 10.6 Å². The topological polar surface area (TPSA) is 72.1 Å². The molecule has 5 heteroatoms. The van der Waals surface area contributed by atoms with E-state index in [9.17, 15) is 4.79 Å². The molecule has 0 radical (unpaired) electrons. The summed E-state index contributed by atoms with van der Waals surface area (Å²) in [5.41, 5.74) is 7.41. The molecule has 0 spiro atoms. The van der Waals surface area contributed by atoms with E-state index in [4.69, 9.17) is 5.73 Å². The number of nitrogens with two attached hydrogens (primary N) is 1. The number of carbonyl (C=O) groups is 1. The molecule has 0 bridgehead atoms. The van der Waals surface area contributed by atoms with E-state index in [1.165, 1.54) is 6.33 Å². The SMILES string of the molecule is CN(C)c1cc(-c2ccc(C(N)=O)cc2)ncn1. The van der Waals surface area contributed by atoms with Gasteiger partial charge in [-0.15, -0.1) is 0 Å². The van der Waals surface area contributed by atoms with Gasteiger partial charge in [-0.2, -0.15) is 0 Å².